The molecule has 0 saturated heterocycles. The molecule has 2 saturated carbocycles. The molecule has 1 unspecified atom stereocenters. The molecule has 0 radical (unpaired) electrons. The summed E-state index contributed by atoms with van der Waals surface area (Å²) >= 11 is 0. The van der Waals surface area contributed by atoms with E-state index in [4.69, 9.17) is 4.74 Å². The topological polar surface area (TPSA) is 65.9 Å². The monoisotopic (exact) mass is 491 g/mol. The molecule has 0 aliphatic heterocycles. The highest BCUT2D eigenvalue weighted by atomic mass is 127. The van der Waals surface area contributed by atoms with Gasteiger partial charge in [-0.25, -0.2) is 4.39 Å². The Balaban J connectivity index is 0.00000261. The summed E-state index contributed by atoms with van der Waals surface area (Å²) in [7, 11) is 0. The largest absolute Gasteiger partial charge is 0.389 e. The van der Waals surface area contributed by atoms with Crippen LogP contribution in [-0.2, 0) is 10.2 Å². The average Bonchev–Trinajstić information content (AvgIpc) is 3.53. The number of guanidine groups is 1. The van der Waals surface area contributed by atoms with E-state index in [-0.39, 0.29) is 35.2 Å². The number of nitrogens with one attached hydrogen (secondary N) is 2. The number of aliphatic imine (C=N–C) groups is 1. The summed E-state index contributed by atoms with van der Waals surface area (Å²) in [5.41, 5.74) is 0.974. The smallest absolute Gasteiger partial charge is 0.191 e. The SMILES string of the molecule is CCNC(=NCC1(c2cccc(F)c2)CC1)NCC(O)COCC1CC1.I. The minimum atomic E-state index is -0.560. The van der Waals surface area contributed by atoms with Crippen LogP contribution in [0.2, 0.25) is 0 Å². The van der Waals surface area contributed by atoms with E-state index in [1.165, 1.54) is 18.9 Å². The molecule has 2 fully saturated rings. The van der Waals surface area contributed by atoms with Crippen LogP contribution in [0.5, 0.6) is 0 Å². The van der Waals surface area contributed by atoms with Gasteiger partial charge in [-0.3, -0.25) is 4.99 Å². The van der Waals surface area contributed by atoms with Gasteiger partial charge in [-0.2, -0.15) is 0 Å². The van der Waals surface area contributed by atoms with Crippen LogP contribution in [0.4, 0.5) is 4.39 Å². The zero-order valence-corrected chi connectivity index (χ0v) is 18.2. The molecule has 2 aliphatic rings. The van der Waals surface area contributed by atoms with E-state index in [0.717, 1.165) is 31.6 Å². The third-order valence-corrected chi connectivity index (χ3v) is 5.04. The molecule has 5 nitrogen and oxygen atoms in total. The summed E-state index contributed by atoms with van der Waals surface area (Å²) in [5, 5.41) is 16.4. The first-order chi connectivity index (χ1) is 12.6. The molecular weight excluding hydrogens is 460 g/mol. The van der Waals surface area contributed by atoms with Gasteiger partial charge in [-0.05, 0) is 56.2 Å². The quantitative estimate of drug-likeness (QED) is 0.268. The second-order valence-corrected chi connectivity index (χ2v) is 7.50. The summed E-state index contributed by atoms with van der Waals surface area (Å²) in [6.45, 7) is 4.85. The average molecular weight is 491 g/mol. The van der Waals surface area contributed by atoms with Gasteiger partial charge in [0.05, 0.1) is 19.3 Å². The zero-order chi connectivity index (χ0) is 18.4. The lowest BCUT2D eigenvalue weighted by Gasteiger charge is -2.18. The van der Waals surface area contributed by atoms with Gasteiger partial charge in [0.25, 0.3) is 0 Å². The minimum absolute atomic E-state index is 0. The predicted molar refractivity (Wildman–Crippen MR) is 116 cm³/mol. The maximum atomic E-state index is 13.5. The lowest BCUT2D eigenvalue weighted by atomic mass is 9.96. The molecule has 0 heterocycles. The van der Waals surface area contributed by atoms with Crippen LogP contribution in [0.25, 0.3) is 0 Å². The van der Waals surface area contributed by atoms with Crippen LogP contribution >= 0.6 is 24.0 Å². The van der Waals surface area contributed by atoms with Crippen LogP contribution < -0.4 is 10.6 Å². The molecule has 0 amide bonds. The Morgan fingerprint density at radius 3 is 2.78 bits per heavy atom. The summed E-state index contributed by atoms with van der Waals surface area (Å²) in [5.74, 6) is 1.18. The van der Waals surface area contributed by atoms with Gasteiger partial charge in [0.15, 0.2) is 5.96 Å². The van der Waals surface area contributed by atoms with E-state index < -0.39 is 6.10 Å². The number of ether oxygens (including phenoxy) is 1. The van der Waals surface area contributed by atoms with Crippen molar-refractivity contribution < 1.29 is 14.2 Å². The van der Waals surface area contributed by atoms with Gasteiger partial charge in [0.2, 0.25) is 0 Å². The van der Waals surface area contributed by atoms with Crippen LogP contribution in [0.1, 0.15) is 38.2 Å². The molecule has 1 aromatic rings. The Bertz CT molecular complexity index is 621. The summed E-state index contributed by atoms with van der Waals surface area (Å²) in [6.07, 6.45) is 3.99. The molecule has 0 spiro atoms. The fourth-order valence-electron chi connectivity index (χ4n) is 3.01. The normalized spacial score (nSPS) is 19.1. The van der Waals surface area contributed by atoms with Gasteiger partial charge >= 0.3 is 0 Å². The van der Waals surface area contributed by atoms with Crippen molar-refractivity contribution in [2.45, 2.75) is 44.1 Å². The second kappa shape index (κ2) is 10.6. The Morgan fingerprint density at radius 2 is 2.15 bits per heavy atom. The summed E-state index contributed by atoms with van der Waals surface area (Å²) in [6, 6.07) is 6.83. The molecule has 1 atom stereocenters. The van der Waals surface area contributed by atoms with Crippen LogP contribution in [0.3, 0.4) is 0 Å². The van der Waals surface area contributed by atoms with E-state index in [0.29, 0.717) is 31.6 Å². The Kier molecular flexibility index (Phi) is 8.75. The molecule has 152 valence electrons. The molecule has 3 rings (SSSR count). The molecule has 1 aromatic carbocycles. The lowest BCUT2D eigenvalue weighted by Crippen LogP contribution is -2.42. The van der Waals surface area contributed by atoms with Crippen molar-refractivity contribution in [2.75, 3.05) is 32.8 Å². The Hall–Kier alpha value is -0.930. The highest BCUT2D eigenvalue weighted by molar-refractivity contribution is 14.0. The summed E-state index contributed by atoms with van der Waals surface area (Å²) in [4.78, 5) is 4.66. The number of rotatable bonds is 10. The Labute approximate surface area is 178 Å². The van der Waals surface area contributed by atoms with Crippen molar-refractivity contribution in [3.8, 4) is 0 Å². The van der Waals surface area contributed by atoms with E-state index in [2.05, 4.69) is 15.6 Å². The molecule has 7 heteroatoms. The number of aliphatic hydroxyl groups excluding tert-OH is 1. The van der Waals surface area contributed by atoms with Crippen molar-refractivity contribution in [1.29, 1.82) is 0 Å². The van der Waals surface area contributed by atoms with Crippen LogP contribution in [0.15, 0.2) is 29.3 Å². The molecule has 0 bridgehead atoms. The van der Waals surface area contributed by atoms with E-state index >= 15 is 0 Å². The number of benzene rings is 1. The molecule has 2 aliphatic carbocycles. The molecular formula is C20H31FIN3O2. The van der Waals surface area contributed by atoms with Gasteiger partial charge in [0.1, 0.15) is 5.82 Å². The van der Waals surface area contributed by atoms with Crippen molar-refractivity contribution >= 4 is 29.9 Å². The van der Waals surface area contributed by atoms with E-state index in [1.807, 2.05) is 13.0 Å². The minimum Gasteiger partial charge on any atom is -0.389 e. The maximum absolute atomic E-state index is 13.5. The van der Waals surface area contributed by atoms with Gasteiger partial charge in [-0.1, -0.05) is 12.1 Å². The molecule has 27 heavy (non-hydrogen) atoms. The maximum Gasteiger partial charge on any atom is 0.191 e. The van der Waals surface area contributed by atoms with Gasteiger partial charge in [-0.15, -0.1) is 24.0 Å². The number of hydrogen-bond acceptors (Lipinski definition) is 3. The highest BCUT2D eigenvalue weighted by Crippen LogP contribution is 2.48. The number of nitrogens with zero attached hydrogens (tertiary/aromatic N) is 1. The van der Waals surface area contributed by atoms with E-state index in [1.54, 1.807) is 12.1 Å². The number of hydrogen-bond donors (Lipinski definition) is 3. The number of halogens is 2. The lowest BCUT2D eigenvalue weighted by molar-refractivity contribution is 0.0345. The van der Waals surface area contributed by atoms with E-state index in [9.17, 15) is 9.50 Å². The summed E-state index contributed by atoms with van der Waals surface area (Å²) < 4.78 is 19.0. The first-order valence-corrected chi connectivity index (χ1v) is 9.65. The fraction of sp³-hybridized carbons (Fsp3) is 0.650. The Morgan fingerprint density at radius 1 is 1.37 bits per heavy atom. The third kappa shape index (κ3) is 7.19. The van der Waals surface area contributed by atoms with Crippen molar-refractivity contribution in [3.05, 3.63) is 35.6 Å². The van der Waals surface area contributed by atoms with Crippen molar-refractivity contribution in [2.24, 2.45) is 10.9 Å². The van der Waals surface area contributed by atoms with Crippen molar-refractivity contribution in [3.63, 3.8) is 0 Å². The molecule has 3 N–H and O–H groups in total. The predicted octanol–water partition coefficient (Wildman–Crippen LogP) is 2.82. The standard InChI is InChI=1S/C20H30FN3O2.HI/c1-2-22-19(23-11-18(25)13-26-12-15-6-7-15)24-14-20(8-9-20)16-4-3-5-17(21)10-16;/h3-5,10,15,18,25H,2,6-9,11-14H2,1H3,(H2,22,23,24);1H. The van der Waals surface area contributed by atoms with Gasteiger partial charge in [0, 0.05) is 25.1 Å². The molecule has 0 aromatic heterocycles. The van der Waals surface area contributed by atoms with Crippen LogP contribution in [-0.4, -0.2) is 50.0 Å². The first-order valence-electron chi connectivity index (χ1n) is 9.65. The first kappa shape index (κ1) is 22.4. The van der Waals surface area contributed by atoms with Gasteiger partial charge < -0.3 is 20.5 Å². The van der Waals surface area contributed by atoms with Crippen LogP contribution in [0, 0.1) is 11.7 Å². The second-order valence-electron chi connectivity index (χ2n) is 7.50. The number of aliphatic hydroxyl groups is 1. The van der Waals surface area contributed by atoms with Crippen molar-refractivity contribution in [1.82, 2.24) is 10.6 Å². The highest BCUT2D eigenvalue weighted by Gasteiger charge is 2.44. The fourth-order valence-corrected chi connectivity index (χ4v) is 3.01. The third-order valence-electron chi connectivity index (χ3n) is 5.04. The zero-order valence-electron chi connectivity index (χ0n) is 15.9.